The van der Waals surface area contributed by atoms with Gasteiger partial charge in [-0.25, -0.2) is 4.39 Å². The van der Waals surface area contributed by atoms with Gasteiger partial charge in [0, 0.05) is 6.04 Å². The Kier molecular flexibility index (Phi) is 4.40. The highest BCUT2D eigenvalue weighted by atomic mass is 19.1. The lowest BCUT2D eigenvalue weighted by molar-refractivity contribution is 0.441. The number of halogens is 1. The predicted molar refractivity (Wildman–Crippen MR) is 79.6 cm³/mol. The predicted octanol–water partition coefficient (Wildman–Crippen LogP) is 4.76. The number of hydrogen-bond donors (Lipinski definition) is 1. The van der Waals surface area contributed by atoms with Crippen LogP contribution >= 0.6 is 0 Å². The van der Waals surface area contributed by atoms with Gasteiger partial charge in [-0.1, -0.05) is 32.0 Å². The van der Waals surface area contributed by atoms with Crippen molar-refractivity contribution in [3.8, 4) is 11.5 Å². The van der Waals surface area contributed by atoms with Crippen LogP contribution in [0.2, 0.25) is 0 Å². The lowest BCUT2D eigenvalue weighted by Crippen LogP contribution is -2.05. The zero-order chi connectivity index (χ0) is 14.7. The number of ether oxygens (including phenoxy) is 1. The van der Waals surface area contributed by atoms with Crippen LogP contribution in [0.15, 0.2) is 42.5 Å². The molecule has 0 unspecified atom stereocenters. The van der Waals surface area contributed by atoms with Crippen LogP contribution in [0.1, 0.15) is 43.9 Å². The molecule has 2 N–H and O–H groups in total. The Morgan fingerprint density at radius 2 is 1.55 bits per heavy atom. The summed E-state index contributed by atoms with van der Waals surface area (Å²) in [6, 6.07) is 12.3. The average molecular weight is 273 g/mol. The van der Waals surface area contributed by atoms with Gasteiger partial charge in [-0.05, 0) is 48.2 Å². The maximum atomic E-state index is 13.9. The van der Waals surface area contributed by atoms with Crippen molar-refractivity contribution >= 4 is 0 Å². The molecule has 0 saturated carbocycles. The molecule has 0 fully saturated rings. The highest BCUT2D eigenvalue weighted by Crippen LogP contribution is 2.27. The second kappa shape index (κ2) is 6.06. The monoisotopic (exact) mass is 273 g/mol. The van der Waals surface area contributed by atoms with Gasteiger partial charge in [0.05, 0.1) is 0 Å². The molecule has 0 aliphatic rings. The first-order valence-electron chi connectivity index (χ1n) is 6.80. The van der Waals surface area contributed by atoms with E-state index in [4.69, 9.17) is 10.5 Å². The number of hydrogen-bond acceptors (Lipinski definition) is 2. The minimum atomic E-state index is -0.396. The SMILES string of the molecule is CC(C)c1ccc(Oc2ccc([C@H](C)N)cc2F)cc1. The second-order valence-electron chi connectivity index (χ2n) is 5.30. The van der Waals surface area contributed by atoms with Gasteiger partial charge in [-0.2, -0.15) is 0 Å². The first-order valence-corrected chi connectivity index (χ1v) is 6.80. The van der Waals surface area contributed by atoms with E-state index in [-0.39, 0.29) is 11.8 Å². The van der Waals surface area contributed by atoms with Crippen LogP contribution in [0, 0.1) is 5.82 Å². The second-order valence-corrected chi connectivity index (χ2v) is 5.30. The Balaban J connectivity index is 2.17. The summed E-state index contributed by atoms with van der Waals surface area (Å²) in [7, 11) is 0. The molecule has 3 heteroatoms. The van der Waals surface area contributed by atoms with E-state index in [1.165, 1.54) is 11.6 Å². The van der Waals surface area contributed by atoms with Crippen molar-refractivity contribution in [1.29, 1.82) is 0 Å². The Morgan fingerprint density at radius 1 is 0.950 bits per heavy atom. The molecule has 2 rings (SSSR count). The molecule has 0 heterocycles. The normalized spacial score (nSPS) is 12.5. The van der Waals surface area contributed by atoms with Crippen LogP contribution in [-0.2, 0) is 0 Å². The van der Waals surface area contributed by atoms with Crippen LogP contribution in [-0.4, -0.2) is 0 Å². The van der Waals surface area contributed by atoms with Gasteiger partial charge in [-0.15, -0.1) is 0 Å². The van der Waals surface area contributed by atoms with Gasteiger partial charge in [-0.3, -0.25) is 0 Å². The van der Waals surface area contributed by atoms with Gasteiger partial charge in [0.25, 0.3) is 0 Å². The number of benzene rings is 2. The molecule has 0 amide bonds. The maximum absolute atomic E-state index is 13.9. The largest absolute Gasteiger partial charge is 0.454 e. The van der Waals surface area contributed by atoms with E-state index in [1.54, 1.807) is 12.1 Å². The fourth-order valence-electron chi connectivity index (χ4n) is 1.93. The van der Waals surface area contributed by atoms with Crippen molar-refractivity contribution in [3.63, 3.8) is 0 Å². The molecule has 20 heavy (non-hydrogen) atoms. The van der Waals surface area contributed by atoms with Crippen LogP contribution in [0.4, 0.5) is 4.39 Å². The standard InChI is InChI=1S/C17H20FNO/c1-11(2)13-4-7-15(8-5-13)20-17-9-6-14(12(3)19)10-16(17)18/h4-12H,19H2,1-3H3/t12-/m0/s1. The fraction of sp³-hybridized carbons (Fsp3) is 0.294. The van der Waals surface area contributed by atoms with E-state index >= 15 is 0 Å². The zero-order valence-corrected chi connectivity index (χ0v) is 12.1. The van der Waals surface area contributed by atoms with E-state index in [0.29, 0.717) is 11.7 Å². The van der Waals surface area contributed by atoms with E-state index in [0.717, 1.165) is 5.56 Å². The molecule has 2 nitrogen and oxygen atoms in total. The van der Waals surface area contributed by atoms with Gasteiger partial charge in [0.15, 0.2) is 11.6 Å². The quantitative estimate of drug-likeness (QED) is 0.871. The highest BCUT2D eigenvalue weighted by Gasteiger charge is 2.08. The van der Waals surface area contributed by atoms with Gasteiger partial charge in [0.2, 0.25) is 0 Å². The molecule has 0 bridgehead atoms. The third-order valence-corrected chi connectivity index (χ3v) is 3.26. The molecule has 1 atom stereocenters. The summed E-state index contributed by atoms with van der Waals surface area (Å²) >= 11 is 0. The van der Waals surface area contributed by atoms with Crippen molar-refractivity contribution in [2.75, 3.05) is 0 Å². The summed E-state index contributed by atoms with van der Waals surface area (Å²) in [6.45, 7) is 6.07. The number of rotatable bonds is 4. The zero-order valence-electron chi connectivity index (χ0n) is 12.1. The van der Waals surface area contributed by atoms with Crippen molar-refractivity contribution in [2.45, 2.75) is 32.7 Å². The molecule has 0 aromatic heterocycles. The molecule has 0 spiro atoms. The molecule has 2 aromatic rings. The van der Waals surface area contributed by atoms with E-state index in [9.17, 15) is 4.39 Å². The van der Waals surface area contributed by atoms with Crippen LogP contribution < -0.4 is 10.5 Å². The highest BCUT2D eigenvalue weighted by molar-refractivity contribution is 5.36. The summed E-state index contributed by atoms with van der Waals surface area (Å²) in [4.78, 5) is 0. The van der Waals surface area contributed by atoms with E-state index in [2.05, 4.69) is 13.8 Å². The topological polar surface area (TPSA) is 35.2 Å². The first-order chi connectivity index (χ1) is 9.47. The van der Waals surface area contributed by atoms with Gasteiger partial charge in [0.1, 0.15) is 5.75 Å². The van der Waals surface area contributed by atoms with E-state index in [1.807, 2.05) is 31.2 Å². The summed E-state index contributed by atoms with van der Waals surface area (Å²) in [5.41, 5.74) is 7.70. The first kappa shape index (κ1) is 14.5. The summed E-state index contributed by atoms with van der Waals surface area (Å²) in [6.07, 6.45) is 0. The molecular formula is C17H20FNO. The molecule has 0 radical (unpaired) electrons. The average Bonchev–Trinajstić information content (AvgIpc) is 2.41. The van der Waals surface area contributed by atoms with E-state index < -0.39 is 5.82 Å². The third-order valence-electron chi connectivity index (χ3n) is 3.26. The molecular weight excluding hydrogens is 253 g/mol. The number of nitrogens with two attached hydrogens (primary N) is 1. The van der Waals surface area contributed by atoms with Crippen molar-refractivity contribution in [1.82, 2.24) is 0 Å². The minimum absolute atomic E-state index is 0.191. The minimum Gasteiger partial charge on any atom is -0.454 e. The molecule has 0 aliphatic carbocycles. The molecule has 0 saturated heterocycles. The lowest BCUT2D eigenvalue weighted by Gasteiger charge is -2.11. The van der Waals surface area contributed by atoms with Crippen LogP contribution in [0.5, 0.6) is 11.5 Å². The Hall–Kier alpha value is -1.87. The Labute approximate surface area is 119 Å². The molecule has 106 valence electrons. The summed E-state index contributed by atoms with van der Waals surface area (Å²) in [5, 5.41) is 0. The van der Waals surface area contributed by atoms with Crippen LogP contribution in [0.3, 0.4) is 0 Å². The smallest absolute Gasteiger partial charge is 0.166 e. The van der Waals surface area contributed by atoms with Crippen LogP contribution in [0.25, 0.3) is 0 Å². The van der Waals surface area contributed by atoms with Crippen molar-refractivity contribution < 1.29 is 9.13 Å². The maximum Gasteiger partial charge on any atom is 0.166 e. The molecule has 0 aliphatic heterocycles. The van der Waals surface area contributed by atoms with Crippen molar-refractivity contribution in [3.05, 3.63) is 59.4 Å². The summed E-state index contributed by atoms with van der Waals surface area (Å²) < 4.78 is 19.5. The summed E-state index contributed by atoms with van der Waals surface area (Å²) in [5.74, 6) is 0.910. The lowest BCUT2D eigenvalue weighted by atomic mass is 10.0. The van der Waals surface area contributed by atoms with Gasteiger partial charge < -0.3 is 10.5 Å². The molecule has 2 aromatic carbocycles. The Morgan fingerprint density at radius 3 is 2.05 bits per heavy atom. The van der Waals surface area contributed by atoms with Gasteiger partial charge >= 0.3 is 0 Å². The van der Waals surface area contributed by atoms with Crippen molar-refractivity contribution in [2.24, 2.45) is 5.73 Å². The third kappa shape index (κ3) is 3.36. The Bertz CT molecular complexity index is 576. The fourth-order valence-corrected chi connectivity index (χ4v) is 1.93.